The van der Waals surface area contributed by atoms with E-state index in [-0.39, 0.29) is 5.41 Å². The number of hydrogen-bond donors (Lipinski definition) is 1. The molecule has 4 nitrogen and oxygen atoms in total. The molecule has 0 amide bonds. The van der Waals surface area contributed by atoms with Crippen molar-refractivity contribution in [3.8, 4) is 0 Å². The lowest BCUT2D eigenvalue weighted by atomic mass is 9.71. The lowest BCUT2D eigenvalue weighted by Crippen LogP contribution is -2.43. The van der Waals surface area contributed by atoms with E-state index >= 15 is 0 Å². The highest BCUT2D eigenvalue weighted by molar-refractivity contribution is 7.88. The monoisotopic (exact) mass is 304 g/mol. The molecule has 1 saturated heterocycles. The summed E-state index contributed by atoms with van der Waals surface area (Å²) in [4.78, 5) is 0. The molecule has 0 aliphatic carbocycles. The average Bonchev–Trinajstić information content (AvgIpc) is 2.35. The topological polar surface area (TPSA) is 49.4 Å². The van der Waals surface area contributed by atoms with Gasteiger partial charge in [-0.3, -0.25) is 0 Å². The van der Waals surface area contributed by atoms with Crippen molar-refractivity contribution < 1.29 is 8.42 Å². The highest BCUT2D eigenvalue weighted by atomic mass is 32.2. The van der Waals surface area contributed by atoms with Crippen LogP contribution < -0.4 is 5.32 Å². The lowest BCUT2D eigenvalue weighted by molar-refractivity contribution is 0.127. The van der Waals surface area contributed by atoms with Gasteiger partial charge in [0.25, 0.3) is 0 Å². The van der Waals surface area contributed by atoms with Gasteiger partial charge < -0.3 is 5.32 Å². The van der Waals surface area contributed by atoms with Crippen molar-refractivity contribution in [2.24, 2.45) is 17.3 Å². The smallest absolute Gasteiger partial charge is 0.211 e. The molecule has 20 heavy (non-hydrogen) atoms. The minimum atomic E-state index is -3.03. The normalized spacial score (nSPS) is 24.8. The summed E-state index contributed by atoms with van der Waals surface area (Å²) in [6.45, 7) is 12.4. The molecule has 0 bridgehead atoms. The van der Waals surface area contributed by atoms with Crippen LogP contribution in [0.5, 0.6) is 0 Å². The Morgan fingerprint density at radius 1 is 1.40 bits per heavy atom. The van der Waals surface area contributed by atoms with Gasteiger partial charge in [-0.1, -0.05) is 27.7 Å². The minimum absolute atomic E-state index is 0.237. The number of nitrogens with one attached hydrogen (secondary N) is 1. The molecular formula is C15H32N2O2S. The van der Waals surface area contributed by atoms with Gasteiger partial charge in [-0.2, -0.15) is 0 Å². The maximum Gasteiger partial charge on any atom is 0.211 e. The molecule has 1 heterocycles. The highest BCUT2D eigenvalue weighted by Gasteiger charge is 2.34. The number of piperidine rings is 1. The largest absolute Gasteiger partial charge is 0.316 e. The fraction of sp³-hybridized carbons (Fsp3) is 1.00. The Bertz CT molecular complexity index is 395. The van der Waals surface area contributed by atoms with E-state index in [4.69, 9.17) is 0 Å². The molecule has 2 unspecified atom stereocenters. The van der Waals surface area contributed by atoms with Crippen LogP contribution in [0.2, 0.25) is 0 Å². The van der Waals surface area contributed by atoms with Crippen LogP contribution in [0.3, 0.4) is 0 Å². The summed E-state index contributed by atoms with van der Waals surface area (Å²) in [6.07, 6.45) is 4.58. The van der Waals surface area contributed by atoms with Gasteiger partial charge in [0.2, 0.25) is 10.0 Å². The van der Waals surface area contributed by atoms with Gasteiger partial charge in [0.1, 0.15) is 0 Å². The van der Waals surface area contributed by atoms with Gasteiger partial charge in [0.15, 0.2) is 0 Å². The quantitative estimate of drug-likeness (QED) is 0.785. The van der Waals surface area contributed by atoms with Gasteiger partial charge in [0, 0.05) is 19.6 Å². The molecule has 1 N–H and O–H groups in total. The molecule has 0 spiro atoms. The first-order valence-electron chi connectivity index (χ1n) is 7.85. The Labute approximate surface area is 125 Å². The van der Waals surface area contributed by atoms with Crippen LogP contribution in [0.15, 0.2) is 0 Å². The van der Waals surface area contributed by atoms with Crippen molar-refractivity contribution in [3.63, 3.8) is 0 Å². The first kappa shape index (κ1) is 17.9. The summed E-state index contributed by atoms with van der Waals surface area (Å²) in [5, 5.41) is 3.47. The van der Waals surface area contributed by atoms with Gasteiger partial charge in [-0.15, -0.1) is 0 Å². The van der Waals surface area contributed by atoms with Crippen molar-refractivity contribution in [1.82, 2.24) is 9.62 Å². The lowest BCUT2D eigenvalue weighted by Gasteiger charge is -2.40. The third-order valence-electron chi connectivity index (χ3n) is 4.88. The van der Waals surface area contributed by atoms with Crippen LogP contribution in [0.4, 0.5) is 0 Å². The van der Waals surface area contributed by atoms with Crippen LogP contribution in [-0.2, 0) is 10.0 Å². The molecule has 0 radical (unpaired) electrons. The van der Waals surface area contributed by atoms with Crippen LogP contribution in [0.1, 0.15) is 47.0 Å². The summed E-state index contributed by atoms with van der Waals surface area (Å²) >= 11 is 0. The maximum absolute atomic E-state index is 11.7. The Hall–Kier alpha value is -0.130. The molecule has 0 saturated carbocycles. The second-order valence-electron chi connectivity index (χ2n) is 6.92. The van der Waals surface area contributed by atoms with Crippen LogP contribution in [-0.4, -0.2) is 45.2 Å². The minimum Gasteiger partial charge on any atom is -0.316 e. The highest BCUT2D eigenvalue weighted by Crippen LogP contribution is 2.37. The van der Waals surface area contributed by atoms with E-state index in [1.54, 1.807) is 4.31 Å². The standard InChI is InChI=1S/C15H32N2O2S/c1-6-16-12-15(4,13(2)3)10-14-8-7-9-17(11-14)20(5,18)19/h13-14,16H,6-12H2,1-5H3. The van der Waals surface area contributed by atoms with Crippen LogP contribution >= 0.6 is 0 Å². The van der Waals surface area contributed by atoms with Crippen molar-refractivity contribution in [2.75, 3.05) is 32.4 Å². The molecule has 2 atom stereocenters. The number of nitrogens with zero attached hydrogens (tertiary/aromatic N) is 1. The Balaban J connectivity index is 2.69. The third kappa shape index (κ3) is 5.01. The molecule has 0 aromatic rings. The zero-order valence-electron chi connectivity index (χ0n) is 13.8. The summed E-state index contributed by atoms with van der Waals surface area (Å²) < 4.78 is 25.1. The first-order valence-corrected chi connectivity index (χ1v) is 9.69. The number of sulfonamides is 1. The van der Waals surface area contributed by atoms with E-state index < -0.39 is 10.0 Å². The number of rotatable bonds is 7. The zero-order chi connectivity index (χ0) is 15.4. The first-order chi connectivity index (χ1) is 9.19. The van der Waals surface area contributed by atoms with E-state index in [1.807, 2.05) is 0 Å². The molecule has 120 valence electrons. The van der Waals surface area contributed by atoms with E-state index in [9.17, 15) is 8.42 Å². The maximum atomic E-state index is 11.7. The average molecular weight is 305 g/mol. The fourth-order valence-electron chi connectivity index (χ4n) is 3.08. The van der Waals surface area contributed by atoms with E-state index in [1.165, 1.54) is 6.26 Å². The summed E-state index contributed by atoms with van der Waals surface area (Å²) in [6, 6.07) is 0. The molecular weight excluding hydrogens is 272 g/mol. The van der Waals surface area contributed by atoms with Crippen LogP contribution in [0, 0.1) is 17.3 Å². The van der Waals surface area contributed by atoms with Crippen molar-refractivity contribution in [1.29, 1.82) is 0 Å². The molecule has 5 heteroatoms. The molecule has 1 aliphatic rings. The van der Waals surface area contributed by atoms with Crippen molar-refractivity contribution >= 4 is 10.0 Å². The van der Waals surface area contributed by atoms with Crippen molar-refractivity contribution in [2.45, 2.75) is 47.0 Å². The Kier molecular flexibility index (Phi) is 6.48. The summed E-state index contributed by atoms with van der Waals surface area (Å²) in [5.74, 6) is 1.08. The molecule has 1 fully saturated rings. The van der Waals surface area contributed by atoms with Gasteiger partial charge in [-0.25, -0.2) is 12.7 Å². The van der Waals surface area contributed by atoms with Crippen LogP contribution in [0.25, 0.3) is 0 Å². The molecule has 1 aliphatic heterocycles. The molecule has 0 aromatic heterocycles. The van der Waals surface area contributed by atoms with Gasteiger partial charge in [-0.05, 0) is 43.1 Å². The van der Waals surface area contributed by atoms with E-state index in [2.05, 4.69) is 33.0 Å². The fourth-order valence-corrected chi connectivity index (χ4v) is 4.02. The van der Waals surface area contributed by atoms with Gasteiger partial charge in [0.05, 0.1) is 6.26 Å². The summed E-state index contributed by atoms with van der Waals surface area (Å²) in [5.41, 5.74) is 0.237. The predicted molar refractivity (Wildman–Crippen MR) is 85.2 cm³/mol. The third-order valence-corrected chi connectivity index (χ3v) is 6.15. The van der Waals surface area contributed by atoms with Gasteiger partial charge >= 0.3 is 0 Å². The Morgan fingerprint density at radius 2 is 2.05 bits per heavy atom. The Morgan fingerprint density at radius 3 is 2.55 bits per heavy atom. The predicted octanol–water partition coefficient (Wildman–Crippen LogP) is 2.32. The summed E-state index contributed by atoms with van der Waals surface area (Å²) in [7, 11) is -3.03. The van der Waals surface area contributed by atoms with E-state index in [0.29, 0.717) is 24.9 Å². The van der Waals surface area contributed by atoms with E-state index in [0.717, 1.165) is 32.4 Å². The van der Waals surface area contributed by atoms with Crippen molar-refractivity contribution in [3.05, 3.63) is 0 Å². The molecule has 1 rings (SSSR count). The number of hydrogen-bond acceptors (Lipinski definition) is 3. The second kappa shape index (κ2) is 7.23. The molecule has 0 aromatic carbocycles. The zero-order valence-corrected chi connectivity index (χ0v) is 14.6. The SMILES string of the molecule is CCNCC(C)(CC1CCCN(S(C)(=O)=O)C1)C(C)C. The second-order valence-corrected chi connectivity index (χ2v) is 8.90.